The van der Waals surface area contributed by atoms with Crippen LogP contribution in [-0.2, 0) is 11.2 Å². The number of nitrogens with zero attached hydrogens (tertiary/aromatic N) is 4. The van der Waals surface area contributed by atoms with Crippen LogP contribution in [0.25, 0.3) is 5.95 Å². The van der Waals surface area contributed by atoms with E-state index in [4.69, 9.17) is 0 Å². The first-order chi connectivity index (χ1) is 11.1. The fourth-order valence-electron chi connectivity index (χ4n) is 2.09. The first-order valence-electron chi connectivity index (χ1n) is 6.98. The molecule has 0 aliphatic carbocycles. The molecule has 0 spiro atoms. The van der Waals surface area contributed by atoms with Crippen molar-refractivity contribution in [2.24, 2.45) is 0 Å². The minimum absolute atomic E-state index is 0.155. The zero-order valence-corrected chi connectivity index (χ0v) is 12.4. The smallest absolute Gasteiger partial charge is 0.235 e. The third kappa shape index (κ3) is 3.57. The molecule has 1 amide bonds. The molecule has 1 N–H and O–H groups in total. The number of halogens is 1. The van der Waals surface area contributed by atoms with Crippen LogP contribution in [0.4, 0.5) is 10.1 Å². The first-order valence-corrected chi connectivity index (χ1v) is 6.98. The van der Waals surface area contributed by atoms with E-state index in [0.717, 1.165) is 11.4 Å². The molecule has 0 unspecified atom stereocenters. The Labute approximate surface area is 132 Å². The minimum atomic E-state index is -0.326. The van der Waals surface area contributed by atoms with Gasteiger partial charge in [0, 0.05) is 12.4 Å². The third-order valence-electron chi connectivity index (χ3n) is 3.24. The summed E-state index contributed by atoms with van der Waals surface area (Å²) in [4.78, 5) is 24.5. The molecule has 0 aliphatic heterocycles. The van der Waals surface area contributed by atoms with Crippen molar-refractivity contribution in [1.82, 2.24) is 19.5 Å². The number of aryl methyl sites for hydroxylation is 1. The number of hydrogen-bond donors (Lipinski definition) is 1. The van der Waals surface area contributed by atoms with Gasteiger partial charge in [0.2, 0.25) is 11.9 Å². The number of carbonyl (C=O) groups is 1. The fourth-order valence-corrected chi connectivity index (χ4v) is 2.09. The highest BCUT2D eigenvalue weighted by Gasteiger charge is 2.07. The summed E-state index contributed by atoms with van der Waals surface area (Å²) in [7, 11) is 0. The molecule has 0 aliphatic rings. The summed E-state index contributed by atoms with van der Waals surface area (Å²) in [6.07, 6.45) is 6.64. The second kappa shape index (κ2) is 6.35. The molecule has 116 valence electrons. The Morgan fingerprint density at radius 1 is 1.17 bits per heavy atom. The van der Waals surface area contributed by atoms with Crippen LogP contribution in [0.1, 0.15) is 11.4 Å². The predicted molar refractivity (Wildman–Crippen MR) is 82.6 cm³/mol. The lowest BCUT2D eigenvalue weighted by molar-refractivity contribution is -0.115. The molecule has 2 heterocycles. The van der Waals surface area contributed by atoms with Gasteiger partial charge in [-0.15, -0.1) is 0 Å². The number of nitrogens with one attached hydrogen (secondary N) is 1. The Morgan fingerprint density at radius 2 is 1.87 bits per heavy atom. The second-order valence-electron chi connectivity index (χ2n) is 4.97. The third-order valence-corrected chi connectivity index (χ3v) is 3.24. The average Bonchev–Trinajstić information content (AvgIpc) is 2.96. The predicted octanol–water partition coefficient (Wildman–Crippen LogP) is 2.29. The molecule has 1 aromatic carbocycles. The molecule has 7 heteroatoms. The van der Waals surface area contributed by atoms with Crippen LogP contribution < -0.4 is 5.32 Å². The summed E-state index contributed by atoms with van der Waals surface area (Å²) in [6, 6.07) is 5.81. The standard InChI is InChI=1S/C16H14FN5O/c1-11-18-6-7-22(11)16-19-9-14(10-20-16)21-15(23)8-12-2-4-13(17)5-3-12/h2-7,9-10H,8H2,1H3,(H,21,23). The van der Waals surface area contributed by atoms with Gasteiger partial charge in [0.15, 0.2) is 0 Å². The Morgan fingerprint density at radius 3 is 2.48 bits per heavy atom. The Kier molecular flexibility index (Phi) is 4.09. The minimum Gasteiger partial charge on any atom is -0.323 e. The quantitative estimate of drug-likeness (QED) is 0.802. The SMILES string of the molecule is Cc1nccn1-c1ncc(NC(=O)Cc2ccc(F)cc2)cn1. The summed E-state index contributed by atoms with van der Waals surface area (Å²) in [5.74, 6) is 0.717. The number of aromatic nitrogens is 4. The molecule has 0 bridgehead atoms. The highest BCUT2D eigenvalue weighted by Crippen LogP contribution is 2.09. The van der Waals surface area contributed by atoms with Crippen molar-refractivity contribution in [3.63, 3.8) is 0 Å². The number of hydrogen-bond acceptors (Lipinski definition) is 4. The number of anilines is 1. The van der Waals surface area contributed by atoms with E-state index >= 15 is 0 Å². The van der Waals surface area contributed by atoms with Crippen LogP contribution in [0.15, 0.2) is 49.1 Å². The van der Waals surface area contributed by atoms with Crippen molar-refractivity contribution in [2.45, 2.75) is 13.3 Å². The topological polar surface area (TPSA) is 72.7 Å². The van der Waals surface area contributed by atoms with Gasteiger partial charge in [0.25, 0.3) is 0 Å². The van der Waals surface area contributed by atoms with E-state index in [1.807, 2.05) is 6.92 Å². The summed E-state index contributed by atoms with van der Waals surface area (Å²) < 4.78 is 14.6. The van der Waals surface area contributed by atoms with Crippen molar-refractivity contribution in [3.05, 3.63) is 66.3 Å². The molecule has 0 saturated carbocycles. The van der Waals surface area contributed by atoms with Crippen molar-refractivity contribution < 1.29 is 9.18 Å². The molecule has 0 radical (unpaired) electrons. The highest BCUT2D eigenvalue weighted by atomic mass is 19.1. The number of imidazole rings is 1. The van der Waals surface area contributed by atoms with Gasteiger partial charge in [-0.05, 0) is 24.6 Å². The van der Waals surface area contributed by atoms with Gasteiger partial charge in [-0.1, -0.05) is 12.1 Å². The zero-order valence-electron chi connectivity index (χ0n) is 12.4. The van der Waals surface area contributed by atoms with Crippen molar-refractivity contribution in [3.8, 4) is 5.95 Å². The van der Waals surface area contributed by atoms with Crippen molar-refractivity contribution in [2.75, 3.05) is 5.32 Å². The molecule has 0 fully saturated rings. The largest absolute Gasteiger partial charge is 0.323 e. The average molecular weight is 311 g/mol. The maximum absolute atomic E-state index is 12.8. The van der Waals surface area contributed by atoms with Gasteiger partial charge in [-0.2, -0.15) is 0 Å². The number of rotatable bonds is 4. The number of amides is 1. The van der Waals surface area contributed by atoms with Crippen LogP contribution in [-0.4, -0.2) is 25.4 Å². The van der Waals surface area contributed by atoms with Crippen LogP contribution >= 0.6 is 0 Å². The first kappa shape index (κ1) is 14.8. The van der Waals surface area contributed by atoms with E-state index in [1.54, 1.807) is 29.1 Å². The van der Waals surface area contributed by atoms with Gasteiger partial charge < -0.3 is 5.32 Å². The van der Waals surface area contributed by atoms with E-state index in [9.17, 15) is 9.18 Å². The van der Waals surface area contributed by atoms with E-state index in [0.29, 0.717) is 11.6 Å². The molecule has 3 aromatic rings. The van der Waals surface area contributed by atoms with Gasteiger partial charge >= 0.3 is 0 Å². The Hall–Kier alpha value is -3.09. The van der Waals surface area contributed by atoms with Gasteiger partial charge in [-0.25, -0.2) is 19.3 Å². The zero-order chi connectivity index (χ0) is 16.2. The molecule has 0 saturated heterocycles. The molecule has 2 aromatic heterocycles. The van der Waals surface area contributed by atoms with E-state index < -0.39 is 0 Å². The van der Waals surface area contributed by atoms with Crippen LogP contribution in [0.5, 0.6) is 0 Å². The number of carbonyl (C=O) groups excluding carboxylic acids is 1. The molecular weight excluding hydrogens is 297 g/mol. The summed E-state index contributed by atoms with van der Waals surface area (Å²) in [6.45, 7) is 1.85. The highest BCUT2D eigenvalue weighted by molar-refractivity contribution is 5.91. The molecule has 23 heavy (non-hydrogen) atoms. The van der Waals surface area contributed by atoms with E-state index in [2.05, 4.69) is 20.3 Å². The monoisotopic (exact) mass is 311 g/mol. The summed E-state index contributed by atoms with van der Waals surface area (Å²) in [5.41, 5.74) is 1.23. The summed E-state index contributed by atoms with van der Waals surface area (Å²) in [5, 5.41) is 2.71. The van der Waals surface area contributed by atoms with Gasteiger partial charge in [0.1, 0.15) is 11.6 Å². The van der Waals surface area contributed by atoms with Gasteiger partial charge in [-0.3, -0.25) is 9.36 Å². The molecule has 6 nitrogen and oxygen atoms in total. The molecular formula is C16H14FN5O. The van der Waals surface area contributed by atoms with E-state index in [1.165, 1.54) is 24.5 Å². The molecule has 3 rings (SSSR count). The lowest BCUT2D eigenvalue weighted by Crippen LogP contribution is -2.15. The van der Waals surface area contributed by atoms with Gasteiger partial charge in [0.05, 0.1) is 24.5 Å². The van der Waals surface area contributed by atoms with Crippen molar-refractivity contribution >= 4 is 11.6 Å². The maximum atomic E-state index is 12.8. The normalized spacial score (nSPS) is 10.5. The van der Waals surface area contributed by atoms with E-state index in [-0.39, 0.29) is 18.1 Å². The Bertz CT molecular complexity index is 811. The van der Waals surface area contributed by atoms with Crippen molar-refractivity contribution in [1.29, 1.82) is 0 Å². The van der Waals surface area contributed by atoms with Crippen LogP contribution in [0, 0.1) is 12.7 Å². The Balaban J connectivity index is 1.65. The second-order valence-corrected chi connectivity index (χ2v) is 4.97. The lowest BCUT2D eigenvalue weighted by atomic mass is 10.1. The van der Waals surface area contributed by atoms with Crippen LogP contribution in [0.2, 0.25) is 0 Å². The van der Waals surface area contributed by atoms with Crippen LogP contribution in [0.3, 0.4) is 0 Å². The summed E-state index contributed by atoms with van der Waals surface area (Å²) >= 11 is 0. The maximum Gasteiger partial charge on any atom is 0.235 e. The lowest BCUT2D eigenvalue weighted by Gasteiger charge is -2.06. The number of benzene rings is 1. The molecule has 0 atom stereocenters. The fraction of sp³-hybridized carbons (Fsp3) is 0.125.